The summed E-state index contributed by atoms with van der Waals surface area (Å²) < 4.78 is 1.41. The van der Waals surface area contributed by atoms with E-state index in [9.17, 15) is 9.59 Å². The van der Waals surface area contributed by atoms with Crippen LogP contribution in [-0.4, -0.2) is 26.9 Å². The monoisotopic (exact) mass is 333 g/mol. The van der Waals surface area contributed by atoms with E-state index in [1.807, 2.05) is 42.2 Å². The molecule has 0 bridgehead atoms. The topological polar surface area (TPSA) is 55.2 Å². The molecule has 0 aliphatic carbocycles. The zero-order valence-corrected chi connectivity index (χ0v) is 14.1. The van der Waals surface area contributed by atoms with Crippen LogP contribution in [0.25, 0.3) is 10.9 Å². The highest BCUT2D eigenvalue weighted by Gasteiger charge is 2.21. The summed E-state index contributed by atoms with van der Waals surface area (Å²) in [4.78, 5) is 31.4. The molecule has 5 nitrogen and oxygen atoms in total. The number of fused-ring (bicyclic) bond motifs is 2. The van der Waals surface area contributed by atoms with Crippen molar-refractivity contribution in [1.82, 2.24) is 14.5 Å². The van der Waals surface area contributed by atoms with Crippen molar-refractivity contribution in [3.05, 3.63) is 75.8 Å². The first-order chi connectivity index (χ1) is 12.1. The second kappa shape index (κ2) is 6.16. The molecule has 5 heteroatoms. The minimum Gasteiger partial charge on any atom is -0.336 e. The molecule has 0 saturated carbocycles. The van der Waals surface area contributed by atoms with Crippen molar-refractivity contribution in [2.75, 3.05) is 6.54 Å². The summed E-state index contributed by atoms with van der Waals surface area (Å²) in [6.07, 6.45) is 2.32. The van der Waals surface area contributed by atoms with Gasteiger partial charge >= 0.3 is 0 Å². The van der Waals surface area contributed by atoms with E-state index in [0.29, 0.717) is 24.0 Å². The molecule has 0 unspecified atom stereocenters. The van der Waals surface area contributed by atoms with Crippen molar-refractivity contribution < 1.29 is 4.79 Å². The predicted octanol–water partition coefficient (Wildman–Crippen LogP) is 2.29. The SMILES string of the molecule is Cc1ccc2ncn(CC(=O)N3CCc4ccccc4C3)c(=O)c2c1. The number of carbonyl (C=O) groups excluding carboxylic acids is 1. The smallest absolute Gasteiger partial charge is 0.261 e. The molecule has 126 valence electrons. The van der Waals surface area contributed by atoms with Gasteiger partial charge in [0.15, 0.2) is 0 Å². The number of nitrogens with zero attached hydrogens (tertiary/aromatic N) is 3. The quantitative estimate of drug-likeness (QED) is 0.723. The summed E-state index contributed by atoms with van der Waals surface area (Å²) in [5.74, 6) is -0.0505. The maximum Gasteiger partial charge on any atom is 0.261 e. The molecule has 0 N–H and O–H groups in total. The molecule has 0 spiro atoms. The number of hydrogen-bond acceptors (Lipinski definition) is 3. The standard InChI is InChI=1S/C20H19N3O2/c1-14-6-7-18-17(10-14)20(25)23(13-21-18)12-19(24)22-9-8-15-4-2-3-5-16(15)11-22/h2-7,10,13H,8-9,11-12H2,1H3. The first-order valence-electron chi connectivity index (χ1n) is 8.42. The van der Waals surface area contributed by atoms with Gasteiger partial charge < -0.3 is 4.90 Å². The highest BCUT2D eigenvalue weighted by molar-refractivity contribution is 5.79. The van der Waals surface area contributed by atoms with Crippen molar-refractivity contribution in [1.29, 1.82) is 0 Å². The molecular formula is C20H19N3O2. The molecule has 0 saturated heterocycles. The van der Waals surface area contributed by atoms with Gasteiger partial charge in [0, 0.05) is 13.1 Å². The first kappa shape index (κ1) is 15.6. The molecule has 1 aromatic heterocycles. The fraction of sp³-hybridized carbons (Fsp3) is 0.250. The van der Waals surface area contributed by atoms with Gasteiger partial charge in [-0.1, -0.05) is 35.9 Å². The van der Waals surface area contributed by atoms with E-state index in [0.717, 1.165) is 12.0 Å². The van der Waals surface area contributed by atoms with Crippen LogP contribution in [0, 0.1) is 6.92 Å². The van der Waals surface area contributed by atoms with E-state index in [1.165, 1.54) is 22.0 Å². The lowest BCUT2D eigenvalue weighted by Gasteiger charge is -2.29. The molecule has 1 aliphatic heterocycles. The van der Waals surface area contributed by atoms with Crippen molar-refractivity contribution in [3.63, 3.8) is 0 Å². The Labute approximate surface area is 145 Å². The molecule has 2 heterocycles. The summed E-state index contributed by atoms with van der Waals surface area (Å²) in [7, 11) is 0. The summed E-state index contributed by atoms with van der Waals surface area (Å²) in [6.45, 7) is 3.25. The Balaban J connectivity index is 1.58. The lowest BCUT2D eigenvalue weighted by Crippen LogP contribution is -2.39. The number of amides is 1. The molecule has 2 aromatic carbocycles. The molecule has 0 radical (unpaired) electrons. The van der Waals surface area contributed by atoms with Gasteiger partial charge in [-0.05, 0) is 36.6 Å². The Morgan fingerprint density at radius 3 is 2.80 bits per heavy atom. The largest absolute Gasteiger partial charge is 0.336 e. The van der Waals surface area contributed by atoms with E-state index in [2.05, 4.69) is 17.1 Å². The molecule has 0 fully saturated rings. The molecule has 1 aliphatic rings. The average Bonchev–Trinajstić information content (AvgIpc) is 2.64. The number of benzene rings is 2. The Hall–Kier alpha value is -2.95. The van der Waals surface area contributed by atoms with Crippen molar-refractivity contribution in [3.8, 4) is 0 Å². The van der Waals surface area contributed by atoms with Gasteiger partial charge in [-0.2, -0.15) is 0 Å². The fourth-order valence-corrected chi connectivity index (χ4v) is 3.34. The number of carbonyl (C=O) groups is 1. The lowest BCUT2D eigenvalue weighted by molar-refractivity contribution is -0.132. The third-order valence-corrected chi connectivity index (χ3v) is 4.77. The molecule has 25 heavy (non-hydrogen) atoms. The molecular weight excluding hydrogens is 314 g/mol. The van der Waals surface area contributed by atoms with Gasteiger partial charge in [-0.15, -0.1) is 0 Å². The van der Waals surface area contributed by atoms with Crippen LogP contribution in [0.5, 0.6) is 0 Å². The Morgan fingerprint density at radius 1 is 1.16 bits per heavy atom. The van der Waals surface area contributed by atoms with E-state index < -0.39 is 0 Å². The maximum atomic E-state index is 12.7. The number of aromatic nitrogens is 2. The summed E-state index contributed by atoms with van der Waals surface area (Å²) >= 11 is 0. The van der Waals surface area contributed by atoms with Gasteiger partial charge in [0.25, 0.3) is 5.56 Å². The van der Waals surface area contributed by atoms with Crippen molar-refractivity contribution in [2.24, 2.45) is 0 Å². The van der Waals surface area contributed by atoms with Crippen LogP contribution in [-0.2, 0) is 24.3 Å². The van der Waals surface area contributed by atoms with E-state index >= 15 is 0 Å². The van der Waals surface area contributed by atoms with Crippen molar-refractivity contribution in [2.45, 2.75) is 26.4 Å². The van der Waals surface area contributed by atoms with E-state index in [-0.39, 0.29) is 18.0 Å². The lowest BCUT2D eigenvalue weighted by atomic mass is 10.00. The van der Waals surface area contributed by atoms with Crippen LogP contribution in [0.15, 0.2) is 53.6 Å². The molecule has 1 amide bonds. The fourth-order valence-electron chi connectivity index (χ4n) is 3.34. The van der Waals surface area contributed by atoms with Crippen LogP contribution in [0.3, 0.4) is 0 Å². The maximum absolute atomic E-state index is 12.7. The van der Waals surface area contributed by atoms with Gasteiger partial charge in [-0.3, -0.25) is 14.2 Å². The van der Waals surface area contributed by atoms with Crippen molar-refractivity contribution >= 4 is 16.8 Å². The molecule has 3 aromatic rings. The zero-order chi connectivity index (χ0) is 17.4. The van der Waals surface area contributed by atoms with E-state index in [1.54, 1.807) is 0 Å². The molecule has 0 atom stereocenters. The van der Waals surface area contributed by atoms with Crippen LogP contribution < -0.4 is 5.56 Å². The highest BCUT2D eigenvalue weighted by atomic mass is 16.2. The second-order valence-electron chi connectivity index (χ2n) is 6.53. The first-order valence-corrected chi connectivity index (χ1v) is 8.42. The third-order valence-electron chi connectivity index (χ3n) is 4.77. The second-order valence-corrected chi connectivity index (χ2v) is 6.53. The summed E-state index contributed by atoms with van der Waals surface area (Å²) in [6, 6.07) is 13.8. The Morgan fingerprint density at radius 2 is 1.96 bits per heavy atom. The average molecular weight is 333 g/mol. The van der Waals surface area contributed by atoms with E-state index in [4.69, 9.17) is 0 Å². The number of hydrogen-bond donors (Lipinski definition) is 0. The molecule has 4 rings (SSSR count). The zero-order valence-electron chi connectivity index (χ0n) is 14.1. The minimum absolute atomic E-state index is 0.0257. The van der Waals surface area contributed by atoms with Gasteiger partial charge in [0.2, 0.25) is 5.91 Å². The van der Waals surface area contributed by atoms with Crippen LogP contribution in [0.1, 0.15) is 16.7 Å². The highest BCUT2D eigenvalue weighted by Crippen LogP contribution is 2.18. The normalized spacial score (nSPS) is 13.7. The number of rotatable bonds is 2. The third kappa shape index (κ3) is 2.93. The summed E-state index contributed by atoms with van der Waals surface area (Å²) in [5.41, 5.74) is 3.97. The predicted molar refractivity (Wildman–Crippen MR) is 96.3 cm³/mol. The van der Waals surface area contributed by atoms with Crippen LogP contribution >= 0.6 is 0 Å². The van der Waals surface area contributed by atoms with Gasteiger partial charge in [0.05, 0.1) is 17.2 Å². The van der Waals surface area contributed by atoms with Crippen LogP contribution in [0.2, 0.25) is 0 Å². The summed E-state index contributed by atoms with van der Waals surface area (Å²) in [5, 5.41) is 0.555. The Bertz CT molecular complexity index is 1020. The van der Waals surface area contributed by atoms with Gasteiger partial charge in [-0.25, -0.2) is 4.98 Å². The minimum atomic E-state index is -0.167. The van der Waals surface area contributed by atoms with Crippen LogP contribution in [0.4, 0.5) is 0 Å². The van der Waals surface area contributed by atoms with Gasteiger partial charge in [0.1, 0.15) is 6.54 Å². The Kier molecular flexibility index (Phi) is 3.84. The number of aryl methyl sites for hydroxylation is 1.